The number of carbonyl (C=O) groups is 1. The number of rotatable bonds is 4. The van der Waals surface area contributed by atoms with E-state index < -0.39 is 29.1 Å². The first kappa shape index (κ1) is 22.7. The van der Waals surface area contributed by atoms with Crippen molar-refractivity contribution in [2.45, 2.75) is 57.7 Å². The third-order valence-electron chi connectivity index (χ3n) is 5.02. The fourth-order valence-electron chi connectivity index (χ4n) is 3.45. The van der Waals surface area contributed by atoms with Crippen molar-refractivity contribution >= 4 is 5.97 Å². The maximum atomic E-state index is 13.5. The molecule has 1 saturated carbocycles. The topological polar surface area (TPSA) is 35.5 Å². The number of para-hydroxylation sites is 1. The van der Waals surface area contributed by atoms with Gasteiger partial charge in [-0.1, -0.05) is 49.3 Å². The molecular formula is C25H25F3O3. The van der Waals surface area contributed by atoms with E-state index >= 15 is 0 Å². The summed E-state index contributed by atoms with van der Waals surface area (Å²) in [7, 11) is 0. The predicted molar refractivity (Wildman–Crippen MR) is 112 cm³/mol. The molecule has 0 amide bonds. The van der Waals surface area contributed by atoms with Crippen molar-refractivity contribution in [3.8, 4) is 23.3 Å². The second kappa shape index (κ2) is 9.47. The summed E-state index contributed by atoms with van der Waals surface area (Å²) in [6.07, 6.45) is 0.785. The van der Waals surface area contributed by atoms with Gasteiger partial charge in [-0.05, 0) is 57.0 Å². The van der Waals surface area contributed by atoms with Crippen LogP contribution >= 0.6 is 0 Å². The molecule has 3 rings (SSSR count). The van der Waals surface area contributed by atoms with Gasteiger partial charge >= 0.3 is 12.1 Å². The first-order valence-electron chi connectivity index (χ1n) is 10.3. The van der Waals surface area contributed by atoms with E-state index in [4.69, 9.17) is 9.47 Å². The maximum absolute atomic E-state index is 13.5. The van der Waals surface area contributed by atoms with Crippen LogP contribution in [-0.2, 0) is 6.18 Å². The van der Waals surface area contributed by atoms with E-state index in [9.17, 15) is 18.0 Å². The number of hydrogen-bond acceptors (Lipinski definition) is 3. The van der Waals surface area contributed by atoms with E-state index in [1.54, 1.807) is 44.2 Å². The Morgan fingerprint density at radius 3 is 2.32 bits per heavy atom. The summed E-state index contributed by atoms with van der Waals surface area (Å²) in [6, 6.07) is 11.3. The Balaban J connectivity index is 1.85. The summed E-state index contributed by atoms with van der Waals surface area (Å²) in [4.78, 5) is 12.4. The van der Waals surface area contributed by atoms with Gasteiger partial charge in [0.2, 0.25) is 0 Å². The van der Waals surface area contributed by atoms with Gasteiger partial charge in [-0.2, -0.15) is 13.2 Å². The lowest BCUT2D eigenvalue weighted by molar-refractivity contribution is -0.139. The molecule has 0 atom stereocenters. The molecule has 31 heavy (non-hydrogen) atoms. The van der Waals surface area contributed by atoms with Crippen LogP contribution in [0.3, 0.4) is 0 Å². The zero-order valence-corrected chi connectivity index (χ0v) is 17.6. The highest BCUT2D eigenvalue weighted by Gasteiger charge is 2.36. The summed E-state index contributed by atoms with van der Waals surface area (Å²) in [5.74, 6) is 5.48. The third-order valence-corrected chi connectivity index (χ3v) is 5.02. The molecule has 0 aromatic heterocycles. The zero-order valence-electron chi connectivity index (χ0n) is 17.6. The van der Waals surface area contributed by atoms with Gasteiger partial charge in [0.05, 0.1) is 11.1 Å². The van der Waals surface area contributed by atoms with Gasteiger partial charge in [0.1, 0.15) is 11.5 Å². The number of esters is 1. The van der Waals surface area contributed by atoms with Crippen molar-refractivity contribution in [3.05, 3.63) is 59.7 Å². The number of hydrogen-bond donors (Lipinski definition) is 0. The molecule has 1 aliphatic rings. The van der Waals surface area contributed by atoms with Crippen molar-refractivity contribution in [1.29, 1.82) is 0 Å². The Kier molecular flexibility index (Phi) is 6.94. The summed E-state index contributed by atoms with van der Waals surface area (Å²) in [5, 5.41) is 0. The fourth-order valence-corrected chi connectivity index (χ4v) is 3.45. The lowest BCUT2D eigenvalue weighted by atomic mass is 9.89. The minimum atomic E-state index is -4.63. The van der Waals surface area contributed by atoms with Crippen LogP contribution in [0.2, 0.25) is 0 Å². The molecular weight excluding hydrogens is 405 g/mol. The molecule has 0 N–H and O–H groups in total. The standard InChI is InChI=1S/C25H25F3O3/c1-24(2,16-15-18-9-5-3-6-10-18)31-22-17-19(13-14-21(22)25(26,27)28)23(29)30-20-11-7-4-8-12-20/h4,7-8,11-14,17-18H,3,5-6,9-10H2,1-2H3. The quantitative estimate of drug-likeness (QED) is 0.309. The van der Waals surface area contributed by atoms with Crippen molar-refractivity contribution in [1.82, 2.24) is 0 Å². The van der Waals surface area contributed by atoms with Gasteiger partial charge in [-0.25, -0.2) is 4.79 Å². The fraction of sp³-hybridized carbons (Fsp3) is 0.400. The second-order valence-electron chi connectivity index (χ2n) is 8.13. The smallest absolute Gasteiger partial charge is 0.419 e. The molecule has 0 aliphatic heterocycles. The minimum Gasteiger partial charge on any atom is -0.475 e. The lowest BCUT2D eigenvalue weighted by Crippen LogP contribution is -2.28. The molecule has 1 aliphatic carbocycles. The van der Waals surface area contributed by atoms with Crippen LogP contribution in [0.25, 0.3) is 0 Å². The monoisotopic (exact) mass is 430 g/mol. The van der Waals surface area contributed by atoms with Crippen molar-refractivity contribution in [2.75, 3.05) is 0 Å². The number of ether oxygens (including phenoxy) is 2. The summed E-state index contributed by atoms with van der Waals surface area (Å²) < 4.78 is 51.6. The average molecular weight is 430 g/mol. The molecule has 0 radical (unpaired) electrons. The molecule has 0 unspecified atom stereocenters. The molecule has 1 fully saturated rings. The highest BCUT2D eigenvalue weighted by molar-refractivity contribution is 5.91. The first-order chi connectivity index (χ1) is 14.6. The Morgan fingerprint density at radius 1 is 1.00 bits per heavy atom. The Morgan fingerprint density at radius 2 is 1.68 bits per heavy atom. The third kappa shape index (κ3) is 6.52. The van der Waals surface area contributed by atoms with Gasteiger partial charge in [-0.3, -0.25) is 0 Å². The Hall–Kier alpha value is -2.94. The maximum Gasteiger partial charge on any atom is 0.419 e. The van der Waals surface area contributed by atoms with E-state index in [1.807, 2.05) is 0 Å². The number of carbonyl (C=O) groups excluding carboxylic acids is 1. The predicted octanol–water partition coefficient (Wildman–Crippen LogP) is 6.67. The van der Waals surface area contributed by atoms with Gasteiger partial charge in [0.15, 0.2) is 5.60 Å². The Labute approximate surface area is 180 Å². The SMILES string of the molecule is CC(C)(C#CC1CCCCC1)Oc1cc(C(=O)Oc2ccccc2)ccc1C(F)(F)F. The van der Waals surface area contributed by atoms with Crippen molar-refractivity contribution < 1.29 is 27.4 Å². The molecule has 3 nitrogen and oxygen atoms in total. The van der Waals surface area contributed by atoms with Crippen molar-refractivity contribution in [3.63, 3.8) is 0 Å². The molecule has 2 aromatic rings. The van der Waals surface area contributed by atoms with Crippen molar-refractivity contribution in [2.24, 2.45) is 5.92 Å². The molecule has 2 aromatic carbocycles. The normalized spacial score (nSPS) is 15.0. The summed E-state index contributed by atoms with van der Waals surface area (Å²) >= 11 is 0. The van der Waals surface area contributed by atoms with Crippen LogP contribution in [0.1, 0.15) is 61.9 Å². The first-order valence-corrected chi connectivity index (χ1v) is 10.3. The number of halogens is 3. The summed E-state index contributed by atoms with van der Waals surface area (Å²) in [6.45, 7) is 3.25. The number of alkyl halides is 3. The highest BCUT2D eigenvalue weighted by atomic mass is 19.4. The van der Waals surface area contributed by atoms with Gasteiger partial charge in [-0.15, -0.1) is 0 Å². The van der Waals surface area contributed by atoms with Crippen LogP contribution < -0.4 is 9.47 Å². The van der Waals surface area contributed by atoms with E-state index in [0.717, 1.165) is 43.9 Å². The van der Waals surface area contributed by atoms with Crippen LogP contribution in [0.15, 0.2) is 48.5 Å². The van der Waals surface area contributed by atoms with Crippen LogP contribution in [0.5, 0.6) is 11.5 Å². The highest BCUT2D eigenvalue weighted by Crippen LogP contribution is 2.38. The van der Waals surface area contributed by atoms with Crippen LogP contribution in [-0.4, -0.2) is 11.6 Å². The second-order valence-corrected chi connectivity index (χ2v) is 8.13. The molecule has 0 spiro atoms. The van der Waals surface area contributed by atoms with E-state index in [-0.39, 0.29) is 11.5 Å². The average Bonchev–Trinajstić information content (AvgIpc) is 2.73. The molecule has 0 heterocycles. The number of benzene rings is 2. The molecule has 0 saturated heterocycles. The zero-order chi connectivity index (χ0) is 22.5. The molecule has 164 valence electrons. The largest absolute Gasteiger partial charge is 0.475 e. The Bertz CT molecular complexity index is 963. The minimum absolute atomic E-state index is 0.0390. The molecule has 6 heteroatoms. The van der Waals surface area contributed by atoms with Gasteiger partial charge in [0.25, 0.3) is 0 Å². The van der Waals surface area contributed by atoms with Crippen LogP contribution in [0.4, 0.5) is 13.2 Å². The van der Waals surface area contributed by atoms with E-state index in [2.05, 4.69) is 11.8 Å². The van der Waals surface area contributed by atoms with Crippen LogP contribution in [0, 0.1) is 17.8 Å². The van der Waals surface area contributed by atoms with Gasteiger partial charge in [0, 0.05) is 5.92 Å². The van der Waals surface area contributed by atoms with E-state index in [0.29, 0.717) is 5.75 Å². The lowest BCUT2D eigenvalue weighted by Gasteiger charge is -2.24. The molecule has 0 bridgehead atoms. The summed E-state index contributed by atoms with van der Waals surface area (Å²) in [5.41, 5.74) is -2.15. The van der Waals surface area contributed by atoms with Gasteiger partial charge < -0.3 is 9.47 Å². The van der Waals surface area contributed by atoms with E-state index in [1.165, 1.54) is 6.42 Å².